The zero-order valence-electron chi connectivity index (χ0n) is 16.4. The summed E-state index contributed by atoms with van der Waals surface area (Å²) in [5, 5.41) is 6.50. The molecule has 27 heavy (non-hydrogen) atoms. The summed E-state index contributed by atoms with van der Waals surface area (Å²) in [6, 6.07) is 7.57. The summed E-state index contributed by atoms with van der Waals surface area (Å²) in [6.45, 7) is 8.44. The number of oxazole rings is 1. The topological polar surface area (TPSA) is 80.9 Å². The van der Waals surface area contributed by atoms with Crippen molar-refractivity contribution in [2.24, 2.45) is 4.99 Å². The largest absolute Gasteiger partial charge is 0.497 e. The maximum absolute atomic E-state index is 5.71. The van der Waals surface area contributed by atoms with Crippen molar-refractivity contribution in [1.82, 2.24) is 15.6 Å². The van der Waals surface area contributed by atoms with E-state index < -0.39 is 0 Å². The molecule has 1 aromatic carbocycles. The van der Waals surface area contributed by atoms with Gasteiger partial charge in [0, 0.05) is 13.1 Å². The van der Waals surface area contributed by atoms with E-state index in [9.17, 15) is 0 Å². The number of guanidine groups is 1. The van der Waals surface area contributed by atoms with Crippen LogP contribution in [0.2, 0.25) is 0 Å². The van der Waals surface area contributed by atoms with Crippen LogP contribution < -0.4 is 20.1 Å². The summed E-state index contributed by atoms with van der Waals surface area (Å²) < 4.78 is 16.4. The highest BCUT2D eigenvalue weighted by Gasteiger charge is 2.05. The van der Waals surface area contributed by atoms with Gasteiger partial charge in [-0.15, -0.1) is 24.0 Å². The van der Waals surface area contributed by atoms with Crippen LogP contribution in [0.3, 0.4) is 0 Å². The minimum absolute atomic E-state index is 0. The van der Waals surface area contributed by atoms with Gasteiger partial charge in [0.05, 0.1) is 19.4 Å². The van der Waals surface area contributed by atoms with Gasteiger partial charge in [-0.1, -0.05) is 0 Å². The smallest absolute Gasteiger partial charge is 0.216 e. The monoisotopic (exact) mass is 488 g/mol. The molecule has 0 saturated heterocycles. The molecule has 0 aliphatic rings. The van der Waals surface area contributed by atoms with Gasteiger partial charge < -0.3 is 24.5 Å². The Bertz CT molecular complexity index is 682. The van der Waals surface area contributed by atoms with Gasteiger partial charge in [0.15, 0.2) is 5.96 Å². The molecule has 150 valence electrons. The molecule has 0 spiro atoms. The lowest BCUT2D eigenvalue weighted by Crippen LogP contribution is -2.38. The summed E-state index contributed by atoms with van der Waals surface area (Å²) in [5.74, 6) is 3.86. The summed E-state index contributed by atoms with van der Waals surface area (Å²) in [7, 11) is 1.65. The Hall–Kier alpha value is -1.97. The lowest BCUT2D eigenvalue weighted by atomic mass is 10.3. The van der Waals surface area contributed by atoms with E-state index >= 15 is 0 Å². The van der Waals surface area contributed by atoms with E-state index in [2.05, 4.69) is 20.6 Å². The van der Waals surface area contributed by atoms with Crippen molar-refractivity contribution in [3.8, 4) is 11.5 Å². The molecule has 0 atom stereocenters. The van der Waals surface area contributed by atoms with E-state index in [1.165, 1.54) is 0 Å². The van der Waals surface area contributed by atoms with Gasteiger partial charge in [0.2, 0.25) is 5.89 Å². The second kappa shape index (κ2) is 12.4. The highest BCUT2D eigenvalue weighted by atomic mass is 127. The van der Waals surface area contributed by atoms with Crippen LogP contribution in [0.4, 0.5) is 0 Å². The number of nitrogens with one attached hydrogen (secondary N) is 2. The predicted molar refractivity (Wildman–Crippen MR) is 117 cm³/mol. The van der Waals surface area contributed by atoms with E-state index in [1.54, 1.807) is 7.11 Å². The SMILES string of the molecule is CCNC(=NCc1nc(C)c(C)o1)NCCCOc1ccc(OC)cc1.I. The fraction of sp³-hybridized carbons (Fsp3) is 0.474. The maximum atomic E-state index is 5.71. The number of aryl methyl sites for hydroxylation is 2. The average molecular weight is 488 g/mol. The van der Waals surface area contributed by atoms with Crippen molar-refractivity contribution < 1.29 is 13.9 Å². The number of hydrogen-bond acceptors (Lipinski definition) is 5. The van der Waals surface area contributed by atoms with E-state index in [4.69, 9.17) is 13.9 Å². The molecule has 0 bridgehead atoms. The molecule has 8 heteroatoms. The molecular weight excluding hydrogens is 459 g/mol. The van der Waals surface area contributed by atoms with Gasteiger partial charge in [-0.25, -0.2) is 9.98 Å². The molecule has 1 aromatic heterocycles. The van der Waals surface area contributed by atoms with Crippen LogP contribution in [0.5, 0.6) is 11.5 Å². The van der Waals surface area contributed by atoms with E-state index in [1.807, 2.05) is 45.0 Å². The normalized spacial score (nSPS) is 10.9. The first kappa shape index (κ1) is 23.1. The number of nitrogens with zero attached hydrogens (tertiary/aromatic N) is 2. The fourth-order valence-corrected chi connectivity index (χ4v) is 2.24. The quantitative estimate of drug-likeness (QED) is 0.244. The molecule has 0 aliphatic carbocycles. The van der Waals surface area contributed by atoms with E-state index in [0.29, 0.717) is 19.0 Å². The molecule has 1 heterocycles. The number of rotatable bonds is 9. The van der Waals surface area contributed by atoms with Crippen LogP contribution in [0, 0.1) is 13.8 Å². The third-order valence-electron chi connectivity index (χ3n) is 3.73. The van der Waals surface area contributed by atoms with Crippen LogP contribution in [-0.4, -0.2) is 37.7 Å². The Morgan fingerprint density at radius 1 is 1.15 bits per heavy atom. The maximum Gasteiger partial charge on any atom is 0.216 e. The minimum atomic E-state index is 0. The average Bonchev–Trinajstić information content (AvgIpc) is 2.97. The summed E-state index contributed by atoms with van der Waals surface area (Å²) in [6.07, 6.45) is 0.855. The van der Waals surface area contributed by atoms with Gasteiger partial charge in [-0.2, -0.15) is 0 Å². The number of aromatic nitrogens is 1. The molecular formula is C19H29IN4O3. The summed E-state index contributed by atoms with van der Waals surface area (Å²) in [4.78, 5) is 8.84. The van der Waals surface area contributed by atoms with Gasteiger partial charge in [0.25, 0.3) is 0 Å². The van der Waals surface area contributed by atoms with Gasteiger partial charge in [0.1, 0.15) is 23.8 Å². The Kier molecular flexibility index (Phi) is 10.6. The number of halogens is 1. The van der Waals surface area contributed by atoms with Crippen molar-refractivity contribution in [2.45, 2.75) is 33.7 Å². The zero-order chi connectivity index (χ0) is 18.8. The lowest BCUT2D eigenvalue weighted by molar-refractivity contribution is 0.310. The number of aliphatic imine (C=N–C) groups is 1. The third-order valence-corrected chi connectivity index (χ3v) is 3.73. The molecule has 7 nitrogen and oxygen atoms in total. The number of ether oxygens (including phenoxy) is 2. The molecule has 0 aliphatic heterocycles. The number of hydrogen-bond donors (Lipinski definition) is 2. The van der Waals surface area contributed by atoms with Crippen molar-refractivity contribution in [3.63, 3.8) is 0 Å². The van der Waals surface area contributed by atoms with Crippen molar-refractivity contribution in [3.05, 3.63) is 41.6 Å². The Labute approximate surface area is 178 Å². The molecule has 2 rings (SSSR count). The minimum Gasteiger partial charge on any atom is -0.497 e. The zero-order valence-corrected chi connectivity index (χ0v) is 18.7. The third kappa shape index (κ3) is 8.06. The molecule has 2 aromatic rings. The molecule has 0 fully saturated rings. The number of methoxy groups -OCH3 is 1. The Morgan fingerprint density at radius 3 is 2.44 bits per heavy atom. The first-order valence-electron chi connectivity index (χ1n) is 8.84. The predicted octanol–water partition coefficient (Wildman–Crippen LogP) is 3.44. The molecule has 0 saturated carbocycles. The first-order valence-corrected chi connectivity index (χ1v) is 8.84. The van der Waals surface area contributed by atoms with Crippen molar-refractivity contribution in [1.29, 1.82) is 0 Å². The highest BCUT2D eigenvalue weighted by Crippen LogP contribution is 2.16. The van der Waals surface area contributed by atoms with Crippen molar-refractivity contribution >= 4 is 29.9 Å². The van der Waals surface area contributed by atoms with E-state index in [0.717, 1.165) is 48.4 Å². The summed E-state index contributed by atoms with van der Waals surface area (Å²) >= 11 is 0. The van der Waals surface area contributed by atoms with Crippen LogP contribution in [0.25, 0.3) is 0 Å². The van der Waals surface area contributed by atoms with Crippen LogP contribution >= 0.6 is 24.0 Å². The molecule has 0 amide bonds. The lowest BCUT2D eigenvalue weighted by Gasteiger charge is -2.11. The number of benzene rings is 1. The van der Waals surface area contributed by atoms with Crippen LogP contribution in [0.15, 0.2) is 33.7 Å². The highest BCUT2D eigenvalue weighted by molar-refractivity contribution is 14.0. The van der Waals surface area contributed by atoms with Gasteiger partial charge in [-0.05, 0) is 51.5 Å². The standard InChI is InChI=1S/C19H28N4O3.HI/c1-5-20-19(22-13-18-23-14(2)15(3)26-18)21-11-6-12-25-17-9-7-16(24-4)8-10-17;/h7-10H,5-6,11-13H2,1-4H3,(H2,20,21,22);1H. The first-order chi connectivity index (χ1) is 12.6. The molecule has 2 N–H and O–H groups in total. The Balaban J connectivity index is 0.00000364. The second-order valence-electron chi connectivity index (χ2n) is 5.75. The Morgan fingerprint density at radius 2 is 1.85 bits per heavy atom. The fourth-order valence-electron chi connectivity index (χ4n) is 2.24. The summed E-state index contributed by atoms with van der Waals surface area (Å²) in [5.41, 5.74) is 0.906. The van der Waals surface area contributed by atoms with Crippen LogP contribution in [-0.2, 0) is 6.54 Å². The molecule has 0 radical (unpaired) electrons. The van der Waals surface area contributed by atoms with Crippen molar-refractivity contribution in [2.75, 3.05) is 26.8 Å². The second-order valence-corrected chi connectivity index (χ2v) is 5.75. The molecule has 0 unspecified atom stereocenters. The van der Waals surface area contributed by atoms with Gasteiger partial charge in [-0.3, -0.25) is 0 Å². The van der Waals surface area contributed by atoms with Crippen LogP contribution in [0.1, 0.15) is 30.7 Å². The van der Waals surface area contributed by atoms with E-state index in [-0.39, 0.29) is 24.0 Å². The van der Waals surface area contributed by atoms with Gasteiger partial charge >= 0.3 is 0 Å².